The van der Waals surface area contributed by atoms with E-state index >= 15 is 0 Å². The van der Waals surface area contributed by atoms with Crippen molar-refractivity contribution in [2.45, 2.75) is 6.61 Å². The van der Waals surface area contributed by atoms with Crippen molar-refractivity contribution in [3.8, 4) is 11.8 Å². The third-order valence-electron chi connectivity index (χ3n) is 2.14. The number of hydrogen-bond acceptors (Lipinski definition) is 5. The SMILES string of the molecule is COc1cc(OCc2ccccc2)nc(N)n1. The minimum Gasteiger partial charge on any atom is -0.481 e. The molecule has 2 N–H and O–H groups in total. The Kier molecular flexibility index (Phi) is 3.40. The van der Waals surface area contributed by atoms with Crippen LogP contribution in [0.4, 0.5) is 5.95 Å². The van der Waals surface area contributed by atoms with Crippen LogP contribution in [0, 0.1) is 0 Å². The Morgan fingerprint density at radius 3 is 2.53 bits per heavy atom. The van der Waals surface area contributed by atoms with E-state index in [1.807, 2.05) is 30.3 Å². The number of anilines is 1. The first-order valence-corrected chi connectivity index (χ1v) is 5.13. The molecule has 0 saturated heterocycles. The van der Waals surface area contributed by atoms with Gasteiger partial charge in [-0.1, -0.05) is 30.3 Å². The van der Waals surface area contributed by atoms with Crippen molar-refractivity contribution in [2.75, 3.05) is 12.8 Å². The van der Waals surface area contributed by atoms with Crippen LogP contribution in [-0.4, -0.2) is 17.1 Å². The summed E-state index contributed by atoms with van der Waals surface area (Å²) in [5, 5.41) is 0. The van der Waals surface area contributed by atoms with Gasteiger partial charge in [0, 0.05) is 0 Å². The normalized spacial score (nSPS) is 9.94. The van der Waals surface area contributed by atoms with Crippen LogP contribution in [0.2, 0.25) is 0 Å². The summed E-state index contributed by atoms with van der Waals surface area (Å²) in [6, 6.07) is 11.4. The highest BCUT2D eigenvalue weighted by Gasteiger charge is 2.03. The molecule has 88 valence electrons. The van der Waals surface area contributed by atoms with Gasteiger partial charge in [0.1, 0.15) is 6.61 Å². The number of ether oxygens (including phenoxy) is 2. The molecule has 0 aliphatic heterocycles. The Morgan fingerprint density at radius 1 is 1.12 bits per heavy atom. The van der Waals surface area contributed by atoms with Gasteiger partial charge in [0.15, 0.2) is 0 Å². The summed E-state index contributed by atoms with van der Waals surface area (Å²) in [6.07, 6.45) is 0. The molecule has 2 aromatic rings. The molecule has 5 heteroatoms. The van der Waals surface area contributed by atoms with Gasteiger partial charge < -0.3 is 15.2 Å². The Labute approximate surface area is 99.2 Å². The summed E-state index contributed by atoms with van der Waals surface area (Å²) in [4.78, 5) is 7.83. The number of nitrogens with two attached hydrogens (primary N) is 1. The highest BCUT2D eigenvalue weighted by molar-refractivity contribution is 5.29. The van der Waals surface area contributed by atoms with Gasteiger partial charge in [-0.2, -0.15) is 9.97 Å². The van der Waals surface area contributed by atoms with Crippen molar-refractivity contribution in [3.05, 3.63) is 42.0 Å². The van der Waals surface area contributed by atoms with Gasteiger partial charge in [0.05, 0.1) is 13.2 Å². The first-order chi connectivity index (χ1) is 8.28. The van der Waals surface area contributed by atoms with Gasteiger partial charge in [0.2, 0.25) is 17.7 Å². The second kappa shape index (κ2) is 5.16. The molecule has 0 spiro atoms. The first-order valence-electron chi connectivity index (χ1n) is 5.13. The van der Waals surface area contributed by atoms with Crippen molar-refractivity contribution in [3.63, 3.8) is 0 Å². The fourth-order valence-electron chi connectivity index (χ4n) is 1.33. The quantitative estimate of drug-likeness (QED) is 0.866. The summed E-state index contributed by atoms with van der Waals surface area (Å²) in [6.45, 7) is 0.431. The second-order valence-corrected chi connectivity index (χ2v) is 3.38. The van der Waals surface area contributed by atoms with Crippen molar-refractivity contribution >= 4 is 5.95 Å². The number of nitrogen functional groups attached to an aromatic ring is 1. The van der Waals surface area contributed by atoms with Crippen LogP contribution in [0.25, 0.3) is 0 Å². The summed E-state index contributed by atoms with van der Waals surface area (Å²) >= 11 is 0. The molecule has 5 nitrogen and oxygen atoms in total. The van der Waals surface area contributed by atoms with Gasteiger partial charge in [-0.15, -0.1) is 0 Å². The number of methoxy groups -OCH3 is 1. The number of rotatable bonds is 4. The molecule has 0 amide bonds. The number of hydrogen-bond donors (Lipinski definition) is 1. The maximum Gasteiger partial charge on any atom is 0.226 e. The Bertz CT molecular complexity index is 488. The van der Waals surface area contributed by atoms with E-state index in [9.17, 15) is 0 Å². The van der Waals surface area contributed by atoms with Gasteiger partial charge >= 0.3 is 0 Å². The summed E-state index contributed by atoms with van der Waals surface area (Å²) in [7, 11) is 1.52. The molecule has 0 radical (unpaired) electrons. The Balaban J connectivity index is 2.06. The van der Waals surface area contributed by atoms with Crippen LogP contribution in [0.5, 0.6) is 11.8 Å². The van der Waals surface area contributed by atoms with Crippen molar-refractivity contribution in [2.24, 2.45) is 0 Å². The minimum atomic E-state index is 0.132. The molecule has 0 fully saturated rings. The topological polar surface area (TPSA) is 70.3 Å². The van der Waals surface area contributed by atoms with Gasteiger partial charge in [-0.25, -0.2) is 0 Å². The van der Waals surface area contributed by atoms with E-state index in [0.717, 1.165) is 5.56 Å². The van der Waals surface area contributed by atoms with Crippen molar-refractivity contribution < 1.29 is 9.47 Å². The van der Waals surface area contributed by atoms with E-state index < -0.39 is 0 Å². The molecular formula is C12H13N3O2. The maximum absolute atomic E-state index is 5.52. The predicted molar refractivity (Wildman–Crippen MR) is 63.8 cm³/mol. The van der Waals surface area contributed by atoms with Crippen LogP contribution in [0.15, 0.2) is 36.4 Å². The average Bonchev–Trinajstić information content (AvgIpc) is 2.37. The molecule has 0 bridgehead atoms. The molecular weight excluding hydrogens is 218 g/mol. The third kappa shape index (κ3) is 3.07. The highest BCUT2D eigenvalue weighted by atomic mass is 16.5. The molecule has 0 atom stereocenters. The highest BCUT2D eigenvalue weighted by Crippen LogP contribution is 2.17. The van der Waals surface area contributed by atoms with Crippen LogP contribution in [0.1, 0.15) is 5.56 Å². The van der Waals surface area contributed by atoms with Crippen molar-refractivity contribution in [1.82, 2.24) is 9.97 Å². The van der Waals surface area contributed by atoms with Gasteiger partial charge in [-0.05, 0) is 5.56 Å². The Morgan fingerprint density at radius 2 is 1.82 bits per heavy atom. The fraction of sp³-hybridized carbons (Fsp3) is 0.167. The summed E-state index contributed by atoms with van der Waals surface area (Å²) in [5.74, 6) is 0.922. The van der Waals surface area contributed by atoms with Gasteiger partial charge in [0.25, 0.3) is 0 Å². The van der Waals surface area contributed by atoms with E-state index in [1.165, 1.54) is 7.11 Å². The minimum absolute atomic E-state index is 0.132. The predicted octanol–water partition coefficient (Wildman–Crippen LogP) is 1.65. The monoisotopic (exact) mass is 231 g/mol. The lowest BCUT2D eigenvalue weighted by molar-refractivity contribution is 0.290. The molecule has 0 aliphatic rings. The number of aromatic nitrogens is 2. The van der Waals surface area contributed by atoms with E-state index in [-0.39, 0.29) is 5.95 Å². The Hall–Kier alpha value is -2.30. The zero-order valence-corrected chi connectivity index (χ0v) is 9.46. The maximum atomic E-state index is 5.52. The molecule has 1 aromatic carbocycles. The molecule has 2 rings (SSSR count). The summed E-state index contributed by atoms with van der Waals surface area (Å²) < 4.78 is 10.5. The zero-order chi connectivity index (χ0) is 12.1. The standard InChI is InChI=1S/C12H13N3O2/c1-16-10-7-11(15-12(13)14-10)17-8-9-5-3-2-4-6-9/h2-7H,8H2,1H3,(H2,13,14,15). The van der Waals surface area contributed by atoms with E-state index in [1.54, 1.807) is 6.07 Å². The fourth-order valence-corrected chi connectivity index (χ4v) is 1.33. The van der Waals surface area contributed by atoms with E-state index in [4.69, 9.17) is 15.2 Å². The van der Waals surface area contributed by atoms with Crippen LogP contribution in [0.3, 0.4) is 0 Å². The smallest absolute Gasteiger partial charge is 0.226 e. The number of benzene rings is 1. The molecule has 0 saturated carbocycles. The van der Waals surface area contributed by atoms with Crippen molar-refractivity contribution in [1.29, 1.82) is 0 Å². The lowest BCUT2D eigenvalue weighted by atomic mass is 10.2. The second-order valence-electron chi connectivity index (χ2n) is 3.38. The third-order valence-corrected chi connectivity index (χ3v) is 2.14. The number of nitrogens with zero attached hydrogens (tertiary/aromatic N) is 2. The zero-order valence-electron chi connectivity index (χ0n) is 9.46. The van der Waals surface area contributed by atoms with Crippen LogP contribution in [-0.2, 0) is 6.61 Å². The molecule has 0 unspecified atom stereocenters. The lowest BCUT2D eigenvalue weighted by Crippen LogP contribution is -2.02. The van der Waals surface area contributed by atoms with Gasteiger partial charge in [-0.3, -0.25) is 0 Å². The molecule has 17 heavy (non-hydrogen) atoms. The van der Waals surface area contributed by atoms with E-state index in [2.05, 4.69) is 9.97 Å². The molecule has 1 aromatic heterocycles. The van der Waals surface area contributed by atoms with Crippen LogP contribution >= 0.6 is 0 Å². The van der Waals surface area contributed by atoms with E-state index in [0.29, 0.717) is 18.4 Å². The first kappa shape index (κ1) is 11.2. The average molecular weight is 231 g/mol. The summed E-state index contributed by atoms with van der Waals surface area (Å²) in [5.41, 5.74) is 6.58. The van der Waals surface area contributed by atoms with Crippen LogP contribution < -0.4 is 15.2 Å². The largest absolute Gasteiger partial charge is 0.481 e. The molecule has 1 heterocycles. The lowest BCUT2D eigenvalue weighted by Gasteiger charge is -2.07. The molecule has 0 aliphatic carbocycles.